The fourth-order valence-electron chi connectivity index (χ4n) is 1.73. The Balaban J connectivity index is 1.86. The molecule has 6 nitrogen and oxygen atoms in total. The number of ether oxygens (including phenoxy) is 2. The van der Waals surface area contributed by atoms with E-state index >= 15 is 0 Å². The highest BCUT2D eigenvalue weighted by Crippen LogP contribution is 2.23. The molecule has 0 aliphatic heterocycles. The van der Waals surface area contributed by atoms with E-state index in [1.54, 1.807) is 7.05 Å². The Morgan fingerprint density at radius 2 is 1.14 bits per heavy atom. The number of nitrogens with one attached hydrogen (secondary N) is 1. The van der Waals surface area contributed by atoms with Crippen molar-refractivity contribution in [3.05, 3.63) is 60.7 Å². The normalized spacial score (nSPS) is 10.0. The van der Waals surface area contributed by atoms with Crippen LogP contribution in [0.4, 0.5) is 5.95 Å². The zero-order chi connectivity index (χ0) is 15.2. The Hall–Kier alpha value is -3.15. The number of para-hydroxylation sites is 2. The van der Waals surface area contributed by atoms with Crippen molar-refractivity contribution < 1.29 is 9.47 Å². The number of rotatable bonds is 5. The second kappa shape index (κ2) is 6.53. The Labute approximate surface area is 127 Å². The van der Waals surface area contributed by atoms with Crippen LogP contribution >= 0.6 is 0 Å². The van der Waals surface area contributed by atoms with Crippen LogP contribution in [0.3, 0.4) is 0 Å². The van der Waals surface area contributed by atoms with Gasteiger partial charge in [0.1, 0.15) is 11.5 Å². The molecule has 0 aliphatic carbocycles. The third-order valence-corrected chi connectivity index (χ3v) is 2.72. The third kappa shape index (κ3) is 3.49. The van der Waals surface area contributed by atoms with Gasteiger partial charge in [0.15, 0.2) is 0 Å². The molecule has 1 aromatic heterocycles. The molecule has 1 heterocycles. The number of hydrogen-bond acceptors (Lipinski definition) is 6. The molecule has 3 aromatic rings. The van der Waals surface area contributed by atoms with Crippen molar-refractivity contribution in [2.75, 3.05) is 12.4 Å². The van der Waals surface area contributed by atoms with Gasteiger partial charge in [-0.05, 0) is 24.3 Å². The first-order valence-corrected chi connectivity index (χ1v) is 6.73. The molecule has 1 N–H and O–H groups in total. The largest absolute Gasteiger partial charge is 0.424 e. The molecule has 0 amide bonds. The van der Waals surface area contributed by atoms with Gasteiger partial charge in [0.2, 0.25) is 5.95 Å². The quantitative estimate of drug-likeness (QED) is 0.776. The van der Waals surface area contributed by atoms with Gasteiger partial charge in [0.25, 0.3) is 0 Å². The van der Waals surface area contributed by atoms with Crippen molar-refractivity contribution in [1.29, 1.82) is 0 Å². The Morgan fingerprint density at radius 1 is 0.682 bits per heavy atom. The standard InChI is InChI=1S/C16H14N4O2/c1-17-14-18-15(21-12-8-4-2-5-9-12)20-16(19-14)22-13-10-6-3-7-11-13/h2-11H,1H3,(H,17,18,19,20). The minimum atomic E-state index is 0.163. The summed E-state index contributed by atoms with van der Waals surface area (Å²) in [7, 11) is 1.72. The van der Waals surface area contributed by atoms with Crippen LogP contribution in [-0.4, -0.2) is 22.0 Å². The predicted molar refractivity (Wildman–Crippen MR) is 82.4 cm³/mol. The Bertz CT molecular complexity index is 676. The minimum absolute atomic E-state index is 0.163. The topological polar surface area (TPSA) is 69.2 Å². The molecule has 22 heavy (non-hydrogen) atoms. The van der Waals surface area contributed by atoms with Crippen LogP contribution in [0.15, 0.2) is 60.7 Å². The zero-order valence-electron chi connectivity index (χ0n) is 11.9. The average molecular weight is 294 g/mol. The van der Waals surface area contributed by atoms with E-state index in [4.69, 9.17) is 9.47 Å². The molecule has 0 unspecified atom stereocenters. The fraction of sp³-hybridized carbons (Fsp3) is 0.0625. The van der Waals surface area contributed by atoms with Crippen LogP contribution < -0.4 is 14.8 Å². The summed E-state index contributed by atoms with van der Waals surface area (Å²) >= 11 is 0. The van der Waals surface area contributed by atoms with Crippen molar-refractivity contribution in [1.82, 2.24) is 15.0 Å². The van der Waals surface area contributed by atoms with E-state index in [9.17, 15) is 0 Å². The Kier molecular flexibility index (Phi) is 4.10. The molecule has 0 saturated heterocycles. The smallest absolute Gasteiger partial charge is 0.330 e. The van der Waals surface area contributed by atoms with E-state index in [0.29, 0.717) is 17.4 Å². The van der Waals surface area contributed by atoms with Gasteiger partial charge in [-0.2, -0.15) is 9.97 Å². The number of benzene rings is 2. The molecule has 0 aliphatic rings. The molecular weight excluding hydrogens is 280 g/mol. The predicted octanol–water partition coefficient (Wildman–Crippen LogP) is 3.50. The summed E-state index contributed by atoms with van der Waals surface area (Å²) in [6.45, 7) is 0. The Morgan fingerprint density at radius 3 is 1.55 bits per heavy atom. The maximum atomic E-state index is 5.62. The first-order valence-electron chi connectivity index (χ1n) is 6.73. The fourth-order valence-corrected chi connectivity index (χ4v) is 1.73. The van der Waals surface area contributed by atoms with Crippen LogP contribution in [-0.2, 0) is 0 Å². The lowest BCUT2D eigenvalue weighted by molar-refractivity contribution is 0.399. The first-order chi connectivity index (χ1) is 10.8. The lowest BCUT2D eigenvalue weighted by atomic mass is 10.3. The molecule has 0 fully saturated rings. The second-order valence-electron chi connectivity index (χ2n) is 4.30. The van der Waals surface area contributed by atoms with E-state index in [1.807, 2.05) is 60.7 Å². The molecule has 0 radical (unpaired) electrons. The van der Waals surface area contributed by atoms with Gasteiger partial charge in [-0.15, -0.1) is 4.98 Å². The van der Waals surface area contributed by atoms with Gasteiger partial charge >= 0.3 is 12.0 Å². The van der Waals surface area contributed by atoms with E-state index in [1.165, 1.54) is 0 Å². The van der Waals surface area contributed by atoms with Gasteiger partial charge in [-0.3, -0.25) is 0 Å². The second-order valence-corrected chi connectivity index (χ2v) is 4.30. The van der Waals surface area contributed by atoms with E-state index < -0.39 is 0 Å². The van der Waals surface area contributed by atoms with Gasteiger partial charge in [-0.1, -0.05) is 36.4 Å². The van der Waals surface area contributed by atoms with Crippen LogP contribution in [0.5, 0.6) is 23.5 Å². The van der Waals surface area contributed by atoms with Crippen LogP contribution in [0.25, 0.3) is 0 Å². The summed E-state index contributed by atoms with van der Waals surface area (Å²) < 4.78 is 11.2. The molecule has 0 spiro atoms. The van der Waals surface area contributed by atoms with Crippen molar-refractivity contribution in [2.45, 2.75) is 0 Å². The highest BCUT2D eigenvalue weighted by molar-refractivity contribution is 5.31. The van der Waals surface area contributed by atoms with E-state index in [2.05, 4.69) is 20.3 Å². The zero-order valence-corrected chi connectivity index (χ0v) is 11.9. The summed E-state index contributed by atoms with van der Waals surface area (Å²) in [6.07, 6.45) is 0. The number of aromatic nitrogens is 3. The molecule has 0 bridgehead atoms. The summed E-state index contributed by atoms with van der Waals surface area (Å²) in [5, 5.41) is 2.86. The number of nitrogens with zero attached hydrogens (tertiary/aromatic N) is 3. The SMILES string of the molecule is CNc1nc(Oc2ccccc2)nc(Oc2ccccc2)n1. The summed E-state index contributed by atoms with van der Waals surface area (Å²) in [5.74, 6) is 1.65. The molecule has 0 atom stereocenters. The van der Waals surface area contributed by atoms with Crippen LogP contribution in [0, 0.1) is 0 Å². The summed E-state index contributed by atoms with van der Waals surface area (Å²) in [4.78, 5) is 12.5. The first kappa shape index (κ1) is 13.8. The summed E-state index contributed by atoms with van der Waals surface area (Å²) in [5.41, 5.74) is 0. The van der Waals surface area contributed by atoms with Crippen molar-refractivity contribution in [2.24, 2.45) is 0 Å². The van der Waals surface area contributed by atoms with Crippen LogP contribution in [0.1, 0.15) is 0 Å². The molecule has 110 valence electrons. The summed E-state index contributed by atoms with van der Waals surface area (Å²) in [6, 6.07) is 18.9. The molecular formula is C16H14N4O2. The van der Waals surface area contributed by atoms with Gasteiger partial charge < -0.3 is 14.8 Å². The van der Waals surface area contributed by atoms with Gasteiger partial charge in [-0.25, -0.2) is 0 Å². The van der Waals surface area contributed by atoms with Crippen molar-refractivity contribution in [3.63, 3.8) is 0 Å². The maximum absolute atomic E-state index is 5.62. The van der Waals surface area contributed by atoms with Gasteiger partial charge in [0, 0.05) is 7.05 Å². The lowest BCUT2D eigenvalue weighted by Gasteiger charge is -2.08. The van der Waals surface area contributed by atoms with Crippen molar-refractivity contribution in [3.8, 4) is 23.5 Å². The molecule has 3 rings (SSSR count). The number of hydrogen-bond donors (Lipinski definition) is 1. The van der Waals surface area contributed by atoms with Gasteiger partial charge in [0.05, 0.1) is 0 Å². The maximum Gasteiger partial charge on any atom is 0.330 e. The van der Waals surface area contributed by atoms with E-state index in [-0.39, 0.29) is 12.0 Å². The highest BCUT2D eigenvalue weighted by Gasteiger charge is 2.09. The van der Waals surface area contributed by atoms with Crippen LogP contribution in [0.2, 0.25) is 0 Å². The molecule has 0 saturated carbocycles. The average Bonchev–Trinajstić information content (AvgIpc) is 2.56. The van der Waals surface area contributed by atoms with Crippen molar-refractivity contribution >= 4 is 5.95 Å². The molecule has 2 aromatic carbocycles. The monoisotopic (exact) mass is 294 g/mol. The number of anilines is 1. The molecule has 6 heteroatoms. The van der Waals surface area contributed by atoms with E-state index in [0.717, 1.165) is 0 Å². The lowest BCUT2D eigenvalue weighted by Crippen LogP contribution is -2.03. The highest BCUT2D eigenvalue weighted by atomic mass is 16.5. The minimum Gasteiger partial charge on any atom is -0.424 e. The third-order valence-electron chi connectivity index (χ3n) is 2.72.